The van der Waals surface area contributed by atoms with Gasteiger partial charge < -0.3 is 0 Å². The summed E-state index contributed by atoms with van der Waals surface area (Å²) < 4.78 is 0. The molecular weight excluding hydrogens is 208 g/mol. The minimum Gasteiger partial charge on any atom is -0.233 e. The van der Waals surface area contributed by atoms with Crippen LogP contribution < -0.4 is 0 Å². The zero-order valence-corrected chi connectivity index (χ0v) is 12.6. The van der Waals surface area contributed by atoms with Gasteiger partial charge in [0.2, 0.25) is 0 Å². The van der Waals surface area contributed by atoms with Gasteiger partial charge in [0, 0.05) is 0 Å². The van der Waals surface area contributed by atoms with Gasteiger partial charge in [0.25, 0.3) is 0 Å². The molecule has 1 radical (unpaired) electrons. The molecule has 0 aliphatic carbocycles. The predicted octanol–water partition coefficient (Wildman–Crippen LogP) is 5.75. The Bertz CT molecular complexity index is 157. The van der Waals surface area contributed by atoms with Crippen LogP contribution in [0.5, 0.6) is 0 Å². The molecule has 0 rings (SSSR count). The van der Waals surface area contributed by atoms with Crippen LogP contribution in [0.25, 0.3) is 0 Å². The Morgan fingerprint density at radius 2 is 1.29 bits per heavy atom. The Hall–Kier alpha value is -0.0400. The molecule has 1 nitrogen and oxygen atoms in total. The monoisotopic (exact) mass is 241 g/mol. The normalized spacial score (nSPS) is 13.9. The summed E-state index contributed by atoms with van der Waals surface area (Å²) in [5.74, 6) is 0. The molecule has 0 N–H and O–H groups in total. The van der Waals surface area contributed by atoms with E-state index >= 15 is 0 Å². The molecule has 17 heavy (non-hydrogen) atoms. The summed E-state index contributed by atoms with van der Waals surface area (Å²) in [6, 6.07) is 0. The number of rotatable bonds is 11. The van der Waals surface area contributed by atoms with Gasteiger partial charge in [0.1, 0.15) is 0 Å². The average molecular weight is 241 g/mol. The lowest BCUT2D eigenvalue weighted by Crippen LogP contribution is -2.34. The number of hydrogen-bond donors (Lipinski definition) is 0. The molecule has 0 aliphatic rings. The Kier molecular flexibility index (Phi) is 9.91. The number of unbranched alkanes of at least 4 members (excludes halogenated alkanes) is 3. The lowest BCUT2D eigenvalue weighted by Gasteiger charge is -2.36. The number of hydrogen-bond acceptors (Lipinski definition) is 0. The fraction of sp³-hybridized carbons (Fsp3) is 1.00. The smallest absolute Gasteiger partial charge is 0.0985 e. The van der Waals surface area contributed by atoms with E-state index in [-0.39, 0.29) is 11.5 Å². The first-order chi connectivity index (χ1) is 8.16. The minimum absolute atomic E-state index is 0.0984. The van der Waals surface area contributed by atoms with Crippen molar-refractivity contribution >= 4 is 0 Å². The second kappa shape index (κ2) is 9.94. The van der Waals surface area contributed by atoms with Gasteiger partial charge in [-0.15, -0.1) is 0 Å². The van der Waals surface area contributed by atoms with Gasteiger partial charge in [-0.25, -0.2) is 5.11 Å². The van der Waals surface area contributed by atoms with Crippen molar-refractivity contribution in [2.45, 2.75) is 98.0 Å². The van der Waals surface area contributed by atoms with Crippen LogP contribution in [0.2, 0.25) is 0 Å². The van der Waals surface area contributed by atoms with Crippen molar-refractivity contribution in [1.29, 1.82) is 0 Å². The predicted molar refractivity (Wildman–Crippen MR) is 75.8 cm³/mol. The fourth-order valence-corrected chi connectivity index (χ4v) is 2.78. The summed E-state index contributed by atoms with van der Waals surface area (Å²) in [5.41, 5.74) is 0.0984. The van der Waals surface area contributed by atoms with E-state index in [2.05, 4.69) is 27.7 Å². The molecule has 0 bridgehead atoms. The molecule has 1 heteroatoms. The van der Waals surface area contributed by atoms with E-state index in [9.17, 15) is 5.11 Å². The van der Waals surface area contributed by atoms with E-state index in [4.69, 9.17) is 0 Å². The highest BCUT2D eigenvalue weighted by Gasteiger charge is 2.35. The maximum absolute atomic E-state index is 12.6. The van der Waals surface area contributed by atoms with Crippen molar-refractivity contribution in [2.24, 2.45) is 5.41 Å². The second-order valence-electron chi connectivity index (χ2n) is 5.55. The Morgan fingerprint density at radius 1 is 0.824 bits per heavy atom. The summed E-state index contributed by atoms with van der Waals surface area (Å²) in [6.45, 7) is 8.86. The van der Waals surface area contributed by atoms with Crippen molar-refractivity contribution < 1.29 is 5.11 Å². The zero-order valence-electron chi connectivity index (χ0n) is 12.6. The summed E-state index contributed by atoms with van der Waals surface area (Å²) >= 11 is 0. The van der Waals surface area contributed by atoms with Gasteiger partial charge in [-0.3, -0.25) is 0 Å². The molecule has 103 valence electrons. The zero-order chi connectivity index (χ0) is 13.1. The maximum atomic E-state index is 12.6. The molecule has 0 aromatic heterocycles. The maximum Gasteiger partial charge on any atom is 0.0985 e. The molecule has 0 amide bonds. The van der Waals surface area contributed by atoms with Crippen LogP contribution in [0.4, 0.5) is 0 Å². The molecule has 0 saturated carbocycles. The quantitative estimate of drug-likeness (QED) is 0.439. The molecular formula is C16H33O. The lowest BCUT2D eigenvalue weighted by molar-refractivity contribution is -0.0501. The highest BCUT2D eigenvalue weighted by Crippen LogP contribution is 2.40. The molecule has 0 aromatic rings. The van der Waals surface area contributed by atoms with Crippen molar-refractivity contribution in [3.05, 3.63) is 0 Å². The fourth-order valence-electron chi connectivity index (χ4n) is 2.78. The molecule has 0 aliphatic heterocycles. The summed E-state index contributed by atoms with van der Waals surface area (Å²) in [6.07, 6.45) is 11.1. The summed E-state index contributed by atoms with van der Waals surface area (Å²) in [5, 5.41) is 12.6. The Balaban J connectivity index is 4.50. The highest BCUT2D eigenvalue weighted by molar-refractivity contribution is 4.85. The average Bonchev–Trinajstić information content (AvgIpc) is 2.37. The third-order valence-corrected chi connectivity index (χ3v) is 4.26. The minimum atomic E-state index is -0.328. The molecule has 1 unspecified atom stereocenters. The van der Waals surface area contributed by atoms with Gasteiger partial charge in [-0.2, -0.15) is 0 Å². The highest BCUT2D eigenvalue weighted by atomic mass is 16.3. The molecule has 0 fully saturated rings. The SMILES string of the molecule is CCCCC([O])C(CC)(CCCC)CCCC. The summed E-state index contributed by atoms with van der Waals surface area (Å²) in [7, 11) is 0. The van der Waals surface area contributed by atoms with Gasteiger partial charge in [0.05, 0.1) is 6.10 Å². The van der Waals surface area contributed by atoms with Crippen LogP contribution in [-0.4, -0.2) is 6.10 Å². The third kappa shape index (κ3) is 5.90. The van der Waals surface area contributed by atoms with Gasteiger partial charge >= 0.3 is 0 Å². The van der Waals surface area contributed by atoms with E-state index in [0.717, 1.165) is 38.5 Å². The van der Waals surface area contributed by atoms with Crippen LogP contribution >= 0.6 is 0 Å². The van der Waals surface area contributed by atoms with E-state index in [0.29, 0.717) is 0 Å². The standard InChI is InChI=1S/C16H33O/c1-5-9-12-15(17)16(8-4,13-10-6-2)14-11-7-3/h15H,5-14H2,1-4H3. The van der Waals surface area contributed by atoms with E-state index in [1.165, 1.54) is 25.7 Å². The molecule has 0 aromatic carbocycles. The molecule has 0 saturated heterocycles. The van der Waals surface area contributed by atoms with Crippen LogP contribution in [0.1, 0.15) is 91.9 Å². The van der Waals surface area contributed by atoms with Crippen molar-refractivity contribution in [2.75, 3.05) is 0 Å². The molecule has 1 atom stereocenters. The lowest BCUT2D eigenvalue weighted by atomic mass is 9.70. The molecule has 0 heterocycles. The van der Waals surface area contributed by atoms with Crippen LogP contribution in [0.15, 0.2) is 0 Å². The van der Waals surface area contributed by atoms with Crippen LogP contribution in [-0.2, 0) is 5.11 Å². The first kappa shape index (κ1) is 17.0. The van der Waals surface area contributed by atoms with E-state index in [1.54, 1.807) is 0 Å². The van der Waals surface area contributed by atoms with E-state index < -0.39 is 0 Å². The first-order valence-corrected chi connectivity index (χ1v) is 7.82. The van der Waals surface area contributed by atoms with Gasteiger partial charge in [-0.1, -0.05) is 66.2 Å². The first-order valence-electron chi connectivity index (χ1n) is 7.82. The Morgan fingerprint density at radius 3 is 1.65 bits per heavy atom. The topological polar surface area (TPSA) is 19.9 Å². The van der Waals surface area contributed by atoms with Gasteiger partial charge in [0.15, 0.2) is 0 Å². The van der Waals surface area contributed by atoms with Crippen molar-refractivity contribution in [1.82, 2.24) is 0 Å². The van der Waals surface area contributed by atoms with Crippen LogP contribution in [0, 0.1) is 5.41 Å². The van der Waals surface area contributed by atoms with Gasteiger partial charge in [-0.05, 0) is 31.1 Å². The van der Waals surface area contributed by atoms with Crippen LogP contribution in [0.3, 0.4) is 0 Å². The van der Waals surface area contributed by atoms with Crippen molar-refractivity contribution in [3.8, 4) is 0 Å². The summed E-state index contributed by atoms with van der Waals surface area (Å²) in [4.78, 5) is 0. The second-order valence-corrected chi connectivity index (χ2v) is 5.55. The Labute approximate surface area is 109 Å². The largest absolute Gasteiger partial charge is 0.233 e. The molecule has 0 spiro atoms. The van der Waals surface area contributed by atoms with Crippen molar-refractivity contribution in [3.63, 3.8) is 0 Å². The van der Waals surface area contributed by atoms with E-state index in [1.807, 2.05) is 0 Å². The third-order valence-electron chi connectivity index (χ3n) is 4.26.